The average Bonchev–Trinajstić information content (AvgIpc) is 2.62. The summed E-state index contributed by atoms with van der Waals surface area (Å²) in [6, 6.07) is 3.16. The van der Waals surface area contributed by atoms with Crippen LogP contribution in [0, 0.1) is 10.1 Å². The summed E-state index contributed by atoms with van der Waals surface area (Å²) in [5.74, 6) is -0.0202. The van der Waals surface area contributed by atoms with E-state index in [0.717, 1.165) is 37.7 Å². The normalized spacial score (nSPS) is 14.9. The Hall–Kier alpha value is -2.62. The minimum atomic E-state index is -4.65. The van der Waals surface area contributed by atoms with E-state index >= 15 is 0 Å². The lowest BCUT2D eigenvalue weighted by Crippen LogP contribution is -2.31. The molecule has 2 aromatic rings. The van der Waals surface area contributed by atoms with Gasteiger partial charge < -0.3 is 10.2 Å². The molecule has 1 aromatic heterocycles. The molecule has 1 N–H and O–H groups in total. The Morgan fingerprint density at radius 1 is 1.19 bits per heavy atom. The number of hydrogen-bond donors (Lipinski definition) is 1. The van der Waals surface area contributed by atoms with Crippen LogP contribution in [0.25, 0.3) is 0 Å². The summed E-state index contributed by atoms with van der Waals surface area (Å²) in [4.78, 5) is 20.7. The summed E-state index contributed by atoms with van der Waals surface area (Å²) >= 11 is 5.60. The van der Waals surface area contributed by atoms with Gasteiger partial charge in [0.1, 0.15) is 6.33 Å². The van der Waals surface area contributed by atoms with Gasteiger partial charge in [-0.05, 0) is 37.5 Å². The van der Waals surface area contributed by atoms with E-state index in [4.69, 9.17) is 11.6 Å². The minimum absolute atomic E-state index is 0.0156. The topological polar surface area (TPSA) is 84.2 Å². The molecule has 27 heavy (non-hydrogen) atoms. The standard InChI is InChI=1S/C16H15ClF3N5O2/c17-12-5-4-10(8-11(12)16(18,19)20)23-14-13(25(26)27)15(22-9-21-14)24-6-2-1-3-7-24/h4-5,8-9H,1-3,6-7H2,(H,21,22,23). The number of anilines is 3. The summed E-state index contributed by atoms with van der Waals surface area (Å²) in [6.07, 6.45) is -0.692. The lowest BCUT2D eigenvalue weighted by molar-refractivity contribution is -0.383. The van der Waals surface area contributed by atoms with Crippen molar-refractivity contribution in [2.75, 3.05) is 23.3 Å². The molecule has 144 valence electrons. The van der Waals surface area contributed by atoms with Crippen molar-refractivity contribution in [2.45, 2.75) is 25.4 Å². The van der Waals surface area contributed by atoms with Gasteiger partial charge in [-0.25, -0.2) is 9.97 Å². The maximum atomic E-state index is 13.0. The SMILES string of the molecule is O=[N+]([O-])c1c(Nc2ccc(Cl)c(C(F)(F)F)c2)ncnc1N1CCCCC1. The molecule has 0 saturated carbocycles. The van der Waals surface area contributed by atoms with E-state index < -0.39 is 21.7 Å². The van der Waals surface area contributed by atoms with Gasteiger partial charge in [0.15, 0.2) is 0 Å². The van der Waals surface area contributed by atoms with E-state index in [1.165, 1.54) is 6.07 Å². The average molecular weight is 402 g/mol. The third-order valence-electron chi connectivity index (χ3n) is 4.18. The van der Waals surface area contributed by atoms with Crippen LogP contribution in [0.15, 0.2) is 24.5 Å². The molecule has 7 nitrogen and oxygen atoms in total. The van der Waals surface area contributed by atoms with Crippen LogP contribution in [0.1, 0.15) is 24.8 Å². The molecule has 0 amide bonds. The molecule has 0 spiro atoms. The summed E-state index contributed by atoms with van der Waals surface area (Å²) in [5, 5.41) is 13.7. The summed E-state index contributed by atoms with van der Waals surface area (Å²) in [7, 11) is 0. The highest BCUT2D eigenvalue weighted by Crippen LogP contribution is 2.38. The molecule has 3 rings (SSSR count). The van der Waals surface area contributed by atoms with Crippen molar-refractivity contribution in [3.8, 4) is 0 Å². The Kier molecular flexibility index (Phi) is 5.36. The highest BCUT2D eigenvalue weighted by molar-refractivity contribution is 6.31. The molecule has 0 radical (unpaired) electrons. The van der Waals surface area contributed by atoms with Gasteiger partial charge in [0.05, 0.1) is 15.5 Å². The second-order valence-electron chi connectivity index (χ2n) is 6.02. The molecule has 1 aliphatic rings. The third kappa shape index (κ3) is 4.21. The van der Waals surface area contributed by atoms with Crippen LogP contribution in [-0.4, -0.2) is 28.0 Å². The largest absolute Gasteiger partial charge is 0.417 e. The lowest BCUT2D eigenvalue weighted by Gasteiger charge is -2.27. The van der Waals surface area contributed by atoms with Crippen LogP contribution in [0.4, 0.5) is 36.2 Å². The molecular weight excluding hydrogens is 387 g/mol. The monoisotopic (exact) mass is 401 g/mol. The molecule has 0 aliphatic carbocycles. The number of piperidine rings is 1. The van der Waals surface area contributed by atoms with Crippen molar-refractivity contribution >= 4 is 34.6 Å². The maximum Gasteiger partial charge on any atom is 0.417 e. The zero-order valence-corrected chi connectivity index (χ0v) is 14.7. The first-order valence-corrected chi connectivity index (χ1v) is 8.53. The van der Waals surface area contributed by atoms with Crippen LogP contribution in [0.2, 0.25) is 5.02 Å². The fourth-order valence-corrected chi connectivity index (χ4v) is 3.15. The zero-order valence-electron chi connectivity index (χ0n) is 14.0. The smallest absolute Gasteiger partial charge is 0.351 e. The second-order valence-corrected chi connectivity index (χ2v) is 6.42. The van der Waals surface area contributed by atoms with E-state index in [-0.39, 0.29) is 23.0 Å². The maximum absolute atomic E-state index is 13.0. The number of nitrogens with zero attached hydrogens (tertiary/aromatic N) is 4. The molecule has 11 heteroatoms. The van der Waals surface area contributed by atoms with Crippen molar-refractivity contribution < 1.29 is 18.1 Å². The van der Waals surface area contributed by atoms with E-state index in [1.807, 2.05) is 0 Å². The van der Waals surface area contributed by atoms with Gasteiger partial charge >= 0.3 is 11.9 Å². The van der Waals surface area contributed by atoms with Gasteiger partial charge in [-0.2, -0.15) is 13.2 Å². The molecule has 0 atom stereocenters. The number of rotatable bonds is 4. The van der Waals surface area contributed by atoms with Gasteiger partial charge in [0.25, 0.3) is 0 Å². The van der Waals surface area contributed by atoms with Crippen molar-refractivity contribution in [2.24, 2.45) is 0 Å². The number of aromatic nitrogens is 2. The number of benzene rings is 1. The fraction of sp³-hybridized carbons (Fsp3) is 0.375. The minimum Gasteiger partial charge on any atom is -0.351 e. The summed E-state index contributed by atoms with van der Waals surface area (Å²) in [5.41, 5.74) is -1.43. The quantitative estimate of drug-likeness (QED) is 0.585. The molecular formula is C16H15ClF3N5O2. The molecule has 1 aliphatic heterocycles. The molecule has 2 heterocycles. The highest BCUT2D eigenvalue weighted by Gasteiger charge is 2.34. The van der Waals surface area contributed by atoms with Crippen molar-refractivity contribution in [3.63, 3.8) is 0 Å². The van der Waals surface area contributed by atoms with Crippen molar-refractivity contribution in [3.05, 3.63) is 45.2 Å². The van der Waals surface area contributed by atoms with E-state index in [9.17, 15) is 23.3 Å². The Labute approximate surface area is 157 Å². The Morgan fingerprint density at radius 2 is 1.89 bits per heavy atom. The number of halogens is 4. The summed E-state index contributed by atoms with van der Waals surface area (Å²) in [6.45, 7) is 1.24. The molecule has 0 unspecified atom stereocenters. The second kappa shape index (κ2) is 7.55. The van der Waals surface area contributed by atoms with Gasteiger partial charge in [0, 0.05) is 18.8 Å². The molecule has 0 bridgehead atoms. The highest BCUT2D eigenvalue weighted by atomic mass is 35.5. The molecule has 1 saturated heterocycles. The van der Waals surface area contributed by atoms with Crippen LogP contribution in [-0.2, 0) is 6.18 Å². The van der Waals surface area contributed by atoms with Crippen molar-refractivity contribution in [1.29, 1.82) is 0 Å². The van der Waals surface area contributed by atoms with Crippen LogP contribution >= 0.6 is 11.6 Å². The predicted molar refractivity (Wildman–Crippen MR) is 94.5 cm³/mol. The van der Waals surface area contributed by atoms with Crippen LogP contribution < -0.4 is 10.2 Å². The number of alkyl halides is 3. The fourth-order valence-electron chi connectivity index (χ4n) is 2.92. The molecule has 1 fully saturated rings. The van der Waals surface area contributed by atoms with E-state index in [2.05, 4.69) is 15.3 Å². The van der Waals surface area contributed by atoms with Gasteiger partial charge in [-0.1, -0.05) is 11.6 Å². The first kappa shape index (κ1) is 19.2. The van der Waals surface area contributed by atoms with E-state index in [1.54, 1.807) is 4.90 Å². The zero-order chi connectivity index (χ0) is 19.6. The lowest BCUT2D eigenvalue weighted by atomic mass is 10.1. The van der Waals surface area contributed by atoms with Crippen LogP contribution in [0.5, 0.6) is 0 Å². The van der Waals surface area contributed by atoms with Gasteiger partial charge in [0.2, 0.25) is 11.6 Å². The van der Waals surface area contributed by atoms with Gasteiger partial charge in [-0.3, -0.25) is 10.1 Å². The van der Waals surface area contributed by atoms with Crippen molar-refractivity contribution in [1.82, 2.24) is 9.97 Å². The first-order chi connectivity index (χ1) is 12.8. The Morgan fingerprint density at radius 3 is 2.52 bits per heavy atom. The number of nitrogens with one attached hydrogen (secondary N) is 1. The predicted octanol–water partition coefficient (Wildman–Crippen LogP) is 4.79. The summed E-state index contributed by atoms with van der Waals surface area (Å²) < 4.78 is 39.1. The Bertz CT molecular complexity index is 856. The number of nitro groups is 1. The Balaban J connectivity index is 1.99. The number of hydrogen-bond acceptors (Lipinski definition) is 6. The van der Waals surface area contributed by atoms with E-state index in [0.29, 0.717) is 13.1 Å². The molecule has 1 aromatic carbocycles. The first-order valence-electron chi connectivity index (χ1n) is 8.15. The van der Waals surface area contributed by atoms with Crippen LogP contribution in [0.3, 0.4) is 0 Å². The third-order valence-corrected chi connectivity index (χ3v) is 4.51. The van der Waals surface area contributed by atoms with Gasteiger partial charge in [-0.15, -0.1) is 0 Å².